The number of anilines is 1. The zero-order valence-electron chi connectivity index (χ0n) is 10.5. The van der Waals surface area contributed by atoms with Crippen LogP contribution in [0.25, 0.3) is 0 Å². The minimum absolute atomic E-state index is 0.134. The Bertz CT molecular complexity index is 445. The lowest BCUT2D eigenvalue weighted by molar-refractivity contribution is -0.129. The van der Waals surface area contributed by atoms with Crippen LogP contribution in [0, 0.1) is 6.92 Å². The summed E-state index contributed by atoms with van der Waals surface area (Å²) in [5.74, 6) is 0.134. The van der Waals surface area contributed by atoms with E-state index in [1.54, 1.807) is 6.92 Å². The number of carbonyl (C=O) groups is 1. The van der Waals surface area contributed by atoms with Crippen molar-refractivity contribution in [1.82, 2.24) is 4.90 Å². The largest absolute Gasteiger partial charge is 0.368 e. The Balaban J connectivity index is 2.12. The minimum Gasteiger partial charge on any atom is -0.368 e. The summed E-state index contributed by atoms with van der Waals surface area (Å²) in [6.45, 7) is 6.64. The van der Waals surface area contributed by atoms with Crippen LogP contribution >= 0.6 is 23.2 Å². The lowest BCUT2D eigenvalue weighted by atomic mass is 10.2. The van der Waals surface area contributed by atoms with Gasteiger partial charge < -0.3 is 9.80 Å². The Morgan fingerprint density at radius 2 is 1.61 bits per heavy atom. The molecule has 3 nitrogen and oxygen atoms in total. The van der Waals surface area contributed by atoms with Gasteiger partial charge in [-0.25, -0.2) is 0 Å². The number of rotatable bonds is 1. The maximum absolute atomic E-state index is 11.3. The molecule has 1 fully saturated rings. The van der Waals surface area contributed by atoms with Crippen LogP contribution in [0.4, 0.5) is 5.69 Å². The second-order valence-electron chi connectivity index (χ2n) is 4.53. The molecule has 1 amide bonds. The SMILES string of the molecule is CC(=O)N1CCN(c2cc(Cl)c(C)c(Cl)c2)CC1. The molecule has 0 bridgehead atoms. The number of hydrogen-bond acceptors (Lipinski definition) is 2. The molecule has 0 atom stereocenters. The molecule has 18 heavy (non-hydrogen) atoms. The summed E-state index contributed by atoms with van der Waals surface area (Å²) in [7, 11) is 0. The maximum atomic E-state index is 11.3. The highest BCUT2D eigenvalue weighted by molar-refractivity contribution is 6.36. The van der Waals surface area contributed by atoms with Gasteiger partial charge >= 0.3 is 0 Å². The third-order valence-electron chi connectivity index (χ3n) is 3.36. The number of nitrogens with zero attached hydrogens (tertiary/aromatic N) is 2. The van der Waals surface area contributed by atoms with Gasteiger partial charge in [-0.3, -0.25) is 4.79 Å². The summed E-state index contributed by atoms with van der Waals surface area (Å²) in [6, 6.07) is 3.87. The van der Waals surface area contributed by atoms with E-state index in [1.807, 2.05) is 24.0 Å². The molecule has 0 aromatic heterocycles. The fourth-order valence-electron chi connectivity index (χ4n) is 2.09. The van der Waals surface area contributed by atoms with Gasteiger partial charge in [-0.05, 0) is 24.6 Å². The Kier molecular flexibility index (Phi) is 4.03. The number of benzene rings is 1. The quantitative estimate of drug-likeness (QED) is 0.793. The fourth-order valence-corrected chi connectivity index (χ4v) is 2.57. The number of carbonyl (C=O) groups excluding carboxylic acids is 1. The van der Waals surface area contributed by atoms with Crippen molar-refractivity contribution in [2.24, 2.45) is 0 Å². The van der Waals surface area contributed by atoms with Crippen molar-refractivity contribution in [3.8, 4) is 0 Å². The maximum Gasteiger partial charge on any atom is 0.219 e. The molecule has 1 aliphatic heterocycles. The zero-order valence-corrected chi connectivity index (χ0v) is 12.1. The highest BCUT2D eigenvalue weighted by atomic mass is 35.5. The van der Waals surface area contributed by atoms with Gasteiger partial charge in [-0.2, -0.15) is 0 Å². The van der Waals surface area contributed by atoms with E-state index >= 15 is 0 Å². The van der Waals surface area contributed by atoms with Crippen LogP contribution in [0.5, 0.6) is 0 Å². The molecule has 0 N–H and O–H groups in total. The molecule has 0 radical (unpaired) electrons. The van der Waals surface area contributed by atoms with E-state index in [9.17, 15) is 4.79 Å². The molecule has 2 rings (SSSR count). The van der Waals surface area contributed by atoms with Crippen molar-refractivity contribution in [2.45, 2.75) is 13.8 Å². The van der Waals surface area contributed by atoms with Gasteiger partial charge in [-0.1, -0.05) is 23.2 Å². The first-order chi connectivity index (χ1) is 8.49. The smallest absolute Gasteiger partial charge is 0.219 e. The predicted molar refractivity (Wildman–Crippen MR) is 75.7 cm³/mol. The number of hydrogen-bond donors (Lipinski definition) is 0. The van der Waals surface area contributed by atoms with E-state index < -0.39 is 0 Å². The molecular formula is C13H16Cl2N2O. The summed E-state index contributed by atoms with van der Waals surface area (Å²) in [5, 5.41) is 1.37. The van der Waals surface area contributed by atoms with E-state index in [1.165, 1.54) is 0 Å². The second-order valence-corrected chi connectivity index (χ2v) is 5.34. The Labute approximate surface area is 117 Å². The number of amides is 1. The highest BCUT2D eigenvalue weighted by Gasteiger charge is 2.19. The lowest BCUT2D eigenvalue weighted by Crippen LogP contribution is -2.48. The summed E-state index contributed by atoms with van der Waals surface area (Å²) < 4.78 is 0. The lowest BCUT2D eigenvalue weighted by Gasteiger charge is -2.35. The van der Waals surface area contributed by atoms with Crippen molar-refractivity contribution in [3.05, 3.63) is 27.7 Å². The molecule has 0 spiro atoms. The van der Waals surface area contributed by atoms with Gasteiger partial charge in [0.25, 0.3) is 0 Å². The number of halogens is 2. The van der Waals surface area contributed by atoms with Crippen molar-refractivity contribution in [1.29, 1.82) is 0 Å². The first-order valence-corrected chi connectivity index (χ1v) is 6.70. The van der Waals surface area contributed by atoms with Crippen LogP contribution in [0.15, 0.2) is 12.1 Å². The van der Waals surface area contributed by atoms with E-state index in [-0.39, 0.29) is 5.91 Å². The Hall–Kier alpha value is -0.930. The molecule has 0 saturated carbocycles. The van der Waals surface area contributed by atoms with Crippen LogP contribution in [0.1, 0.15) is 12.5 Å². The molecule has 1 aromatic rings. The molecule has 98 valence electrons. The highest BCUT2D eigenvalue weighted by Crippen LogP contribution is 2.30. The first-order valence-electron chi connectivity index (χ1n) is 5.95. The molecule has 0 unspecified atom stereocenters. The first kappa shape index (κ1) is 13.5. The van der Waals surface area contributed by atoms with E-state index in [0.717, 1.165) is 37.4 Å². The molecule has 1 aliphatic rings. The third kappa shape index (κ3) is 2.73. The van der Waals surface area contributed by atoms with Crippen LogP contribution < -0.4 is 4.90 Å². The normalized spacial score (nSPS) is 16.0. The Morgan fingerprint density at radius 3 is 2.06 bits per heavy atom. The van der Waals surface area contributed by atoms with Crippen molar-refractivity contribution < 1.29 is 4.79 Å². The third-order valence-corrected chi connectivity index (χ3v) is 4.14. The van der Waals surface area contributed by atoms with E-state index in [4.69, 9.17) is 23.2 Å². The van der Waals surface area contributed by atoms with E-state index in [2.05, 4.69) is 4.90 Å². The van der Waals surface area contributed by atoms with Gasteiger partial charge in [0.2, 0.25) is 5.91 Å². The molecule has 5 heteroatoms. The average molecular weight is 287 g/mol. The van der Waals surface area contributed by atoms with Gasteiger partial charge in [0.15, 0.2) is 0 Å². The van der Waals surface area contributed by atoms with Crippen LogP contribution in [-0.4, -0.2) is 37.0 Å². The zero-order chi connectivity index (χ0) is 13.3. The second kappa shape index (κ2) is 5.37. The van der Waals surface area contributed by atoms with Gasteiger partial charge in [0.1, 0.15) is 0 Å². The van der Waals surface area contributed by atoms with Gasteiger partial charge in [0.05, 0.1) is 0 Å². The van der Waals surface area contributed by atoms with Crippen LogP contribution in [-0.2, 0) is 4.79 Å². The summed E-state index contributed by atoms with van der Waals surface area (Å²) in [4.78, 5) is 15.3. The van der Waals surface area contributed by atoms with Crippen LogP contribution in [0.2, 0.25) is 10.0 Å². The molecule has 1 aromatic carbocycles. The monoisotopic (exact) mass is 286 g/mol. The summed E-state index contributed by atoms with van der Waals surface area (Å²) in [5.41, 5.74) is 1.93. The van der Waals surface area contributed by atoms with E-state index in [0.29, 0.717) is 10.0 Å². The standard InChI is InChI=1S/C13H16Cl2N2O/c1-9-12(14)7-11(8-13(9)15)17-5-3-16(4-6-17)10(2)18/h7-8H,3-6H2,1-2H3. The summed E-state index contributed by atoms with van der Waals surface area (Å²) in [6.07, 6.45) is 0. The van der Waals surface area contributed by atoms with Crippen molar-refractivity contribution >= 4 is 34.8 Å². The predicted octanol–water partition coefficient (Wildman–Crippen LogP) is 2.97. The van der Waals surface area contributed by atoms with Gasteiger partial charge in [0, 0.05) is 48.8 Å². The Morgan fingerprint density at radius 1 is 1.11 bits per heavy atom. The molecule has 1 saturated heterocycles. The number of piperazine rings is 1. The molecular weight excluding hydrogens is 271 g/mol. The topological polar surface area (TPSA) is 23.6 Å². The average Bonchev–Trinajstić information content (AvgIpc) is 2.35. The minimum atomic E-state index is 0.134. The summed E-state index contributed by atoms with van der Waals surface area (Å²) >= 11 is 12.3. The van der Waals surface area contributed by atoms with Gasteiger partial charge in [-0.15, -0.1) is 0 Å². The van der Waals surface area contributed by atoms with Crippen LogP contribution in [0.3, 0.4) is 0 Å². The fraction of sp³-hybridized carbons (Fsp3) is 0.462. The van der Waals surface area contributed by atoms with Crippen molar-refractivity contribution in [3.63, 3.8) is 0 Å². The molecule has 0 aliphatic carbocycles. The van der Waals surface area contributed by atoms with Crippen molar-refractivity contribution in [2.75, 3.05) is 31.1 Å². The molecule has 1 heterocycles.